The maximum atomic E-state index is 12.2. The van der Waals surface area contributed by atoms with Gasteiger partial charge in [-0.2, -0.15) is 0 Å². The third-order valence-electron chi connectivity index (χ3n) is 4.98. The molecule has 27 heavy (non-hydrogen) atoms. The molecular weight excluding hydrogens is 412 g/mol. The van der Waals surface area contributed by atoms with E-state index in [-0.39, 0.29) is 12.2 Å². The van der Waals surface area contributed by atoms with E-state index in [1.165, 1.54) is 0 Å². The number of piperidine rings is 1. The topological polar surface area (TPSA) is 71.9 Å². The first-order valence-electron chi connectivity index (χ1n) is 9.25. The van der Waals surface area contributed by atoms with Crippen molar-refractivity contribution in [3.8, 4) is 0 Å². The number of halogens is 1. The molecule has 7 heteroatoms. The number of carbonyl (C=O) groups excluding carboxylic acids is 1. The predicted octanol–water partition coefficient (Wildman–Crippen LogP) is 3.62. The first kappa shape index (κ1) is 21.9. The van der Waals surface area contributed by atoms with Crippen LogP contribution in [0.1, 0.15) is 49.7 Å². The Morgan fingerprint density at radius 1 is 1.41 bits per heavy atom. The molecular formula is C20H29BrN2O4. The van der Waals surface area contributed by atoms with Crippen molar-refractivity contribution in [2.75, 3.05) is 31.2 Å². The number of carbonyl (C=O) groups is 1. The molecule has 1 aliphatic rings. The van der Waals surface area contributed by atoms with E-state index in [1.54, 1.807) is 13.0 Å². The fraction of sp³-hybridized carbons (Fsp3) is 0.600. The van der Waals surface area contributed by atoms with Crippen molar-refractivity contribution in [3.63, 3.8) is 0 Å². The number of aromatic nitrogens is 1. The summed E-state index contributed by atoms with van der Waals surface area (Å²) in [6, 6.07) is 0. The van der Waals surface area contributed by atoms with Gasteiger partial charge in [0.25, 0.3) is 0 Å². The SMILES string of the molecule is C=CCOC1(C)CCN(c2c(Br)c(C)nc(C)c2[C@H](O)C(=O)OCC)CC1. The van der Waals surface area contributed by atoms with Crippen molar-refractivity contribution in [2.24, 2.45) is 0 Å². The molecule has 0 aromatic carbocycles. The van der Waals surface area contributed by atoms with Crippen LogP contribution in [0.2, 0.25) is 0 Å². The van der Waals surface area contributed by atoms with E-state index in [1.807, 2.05) is 13.8 Å². The average Bonchev–Trinajstić information content (AvgIpc) is 2.63. The first-order valence-corrected chi connectivity index (χ1v) is 10.0. The average molecular weight is 441 g/mol. The zero-order valence-electron chi connectivity index (χ0n) is 16.5. The summed E-state index contributed by atoms with van der Waals surface area (Å²) in [7, 11) is 0. The Labute approximate surface area is 169 Å². The van der Waals surface area contributed by atoms with E-state index in [0.29, 0.717) is 17.9 Å². The molecule has 2 heterocycles. The Balaban J connectivity index is 2.36. The van der Waals surface area contributed by atoms with Crippen LogP contribution in [0.15, 0.2) is 17.1 Å². The van der Waals surface area contributed by atoms with Crippen LogP contribution in [0.4, 0.5) is 5.69 Å². The van der Waals surface area contributed by atoms with Gasteiger partial charge in [-0.1, -0.05) is 6.08 Å². The van der Waals surface area contributed by atoms with Crippen molar-refractivity contribution in [1.29, 1.82) is 0 Å². The molecule has 0 aliphatic carbocycles. The lowest BCUT2D eigenvalue weighted by molar-refractivity contribution is -0.153. The Bertz CT molecular complexity index is 700. The summed E-state index contributed by atoms with van der Waals surface area (Å²) in [5, 5.41) is 10.6. The second-order valence-corrected chi connectivity index (χ2v) is 7.84. The molecule has 1 N–H and O–H groups in total. The van der Waals surface area contributed by atoms with Crippen molar-refractivity contribution in [3.05, 3.63) is 34.1 Å². The lowest BCUT2D eigenvalue weighted by atomic mass is 9.92. The molecule has 1 aliphatic heterocycles. The van der Waals surface area contributed by atoms with Crippen molar-refractivity contribution in [1.82, 2.24) is 4.98 Å². The number of hydrogen-bond acceptors (Lipinski definition) is 6. The zero-order chi connectivity index (χ0) is 20.2. The van der Waals surface area contributed by atoms with Gasteiger partial charge in [-0.25, -0.2) is 4.79 Å². The molecule has 1 aromatic heterocycles. The molecule has 0 radical (unpaired) electrons. The summed E-state index contributed by atoms with van der Waals surface area (Å²) in [4.78, 5) is 18.9. The zero-order valence-corrected chi connectivity index (χ0v) is 18.1. The normalized spacial score (nSPS) is 17.5. The van der Waals surface area contributed by atoms with E-state index in [0.717, 1.165) is 41.8 Å². The summed E-state index contributed by atoms with van der Waals surface area (Å²) in [6.07, 6.45) is 2.07. The lowest BCUT2D eigenvalue weighted by Gasteiger charge is -2.41. The third kappa shape index (κ3) is 4.89. The number of rotatable bonds is 7. The van der Waals surface area contributed by atoms with E-state index in [2.05, 4.69) is 39.3 Å². The van der Waals surface area contributed by atoms with Crippen LogP contribution in [0.25, 0.3) is 0 Å². The second kappa shape index (κ2) is 9.17. The highest BCUT2D eigenvalue weighted by molar-refractivity contribution is 9.10. The number of esters is 1. The number of aliphatic hydroxyl groups is 1. The van der Waals surface area contributed by atoms with Crippen LogP contribution < -0.4 is 4.90 Å². The van der Waals surface area contributed by atoms with Crippen molar-refractivity contribution < 1.29 is 19.4 Å². The number of anilines is 1. The minimum Gasteiger partial charge on any atom is -0.464 e. The van der Waals surface area contributed by atoms with Gasteiger partial charge in [0, 0.05) is 24.3 Å². The van der Waals surface area contributed by atoms with E-state index >= 15 is 0 Å². The second-order valence-electron chi connectivity index (χ2n) is 7.05. The van der Waals surface area contributed by atoms with Crippen LogP contribution in [0.5, 0.6) is 0 Å². The highest BCUT2D eigenvalue weighted by Crippen LogP contribution is 2.40. The Hall–Kier alpha value is -1.44. The molecule has 2 rings (SSSR count). The molecule has 1 fully saturated rings. The van der Waals surface area contributed by atoms with Gasteiger partial charge in [-0.15, -0.1) is 6.58 Å². The molecule has 150 valence electrons. The van der Waals surface area contributed by atoms with E-state index in [9.17, 15) is 9.90 Å². The van der Waals surface area contributed by atoms with Crippen LogP contribution in [-0.2, 0) is 14.3 Å². The molecule has 1 saturated heterocycles. The number of pyridine rings is 1. The minimum atomic E-state index is -1.37. The fourth-order valence-electron chi connectivity index (χ4n) is 3.41. The van der Waals surface area contributed by atoms with Gasteiger partial charge >= 0.3 is 5.97 Å². The van der Waals surface area contributed by atoms with Crippen LogP contribution in [0, 0.1) is 13.8 Å². The van der Waals surface area contributed by atoms with Gasteiger partial charge in [-0.05, 0) is 56.5 Å². The van der Waals surface area contributed by atoms with Crippen LogP contribution >= 0.6 is 15.9 Å². The Morgan fingerprint density at radius 3 is 2.59 bits per heavy atom. The predicted molar refractivity (Wildman–Crippen MR) is 109 cm³/mol. The van der Waals surface area contributed by atoms with Crippen molar-refractivity contribution >= 4 is 27.6 Å². The van der Waals surface area contributed by atoms with Crippen LogP contribution in [-0.4, -0.2) is 48.0 Å². The Kier molecular flexibility index (Phi) is 7.42. The molecule has 0 bridgehead atoms. The summed E-state index contributed by atoms with van der Waals surface area (Å²) >= 11 is 3.62. The third-order valence-corrected chi connectivity index (χ3v) is 5.93. The Morgan fingerprint density at radius 2 is 2.04 bits per heavy atom. The van der Waals surface area contributed by atoms with Gasteiger partial charge in [0.1, 0.15) is 0 Å². The van der Waals surface area contributed by atoms with Crippen molar-refractivity contribution in [2.45, 2.75) is 52.2 Å². The molecule has 0 amide bonds. The number of ether oxygens (including phenoxy) is 2. The van der Waals surface area contributed by atoms with Gasteiger partial charge in [0.15, 0.2) is 6.10 Å². The maximum absolute atomic E-state index is 12.2. The largest absolute Gasteiger partial charge is 0.464 e. The van der Waals surface area contributed by atoms with E-state index < -0.39 is 12.1 Å². The highest BCUT2D eigenvalue weighted by atomic mass is 79.9. The molecule has 0 spiro atoms. The van der Waals surface area contributed by atoms with Gasteiger partial charge in [0.05, 0.1) is 34.7 Å². The maximum Gasteiger partial charge on any atom is 0.339 e. The number of aliphatic hydroxyl groups excluding tert-OH is 1. The minimum absolute atomic E-state index is 0.200. The molecule has 6 nitrogen and oxygen atoms in total. The summed E-state index contributed by atoms with van der Waals surface area (Å²) < 4.78 is 11.8. The summed E-state index contributed by atoms with van der Waals surface area (Å²) in [5.74, 6) is -0.657. The first-order chi connectivity index (χ1) is 12.7. The smallest absolute Gasteiger partial charge is 0.339 e. The van der Waals surface area contributed by atoms with E-state index in [4.69, 9.17) is 9.47 Å². The number of aryl methyl sites for hydroxylation is 2. The molecule has 0 saturated carbocycles. The quantitative estimate of drug-likeness (QED) is 0.515. The molecule has 1 atom stereocenters. The van der Waals surface area contributed by atoms with Crippen LogP contribution in [0.3, 0.4) is 0 Å². The highest BCUT2D eigenvalue weighted by Gasteiger charge is 2.35. The molecule has 1 aromatic rings. The lowest BCUT2D eigenvalue weighted by Crippen LogP contribution is -2.45. The fourth-order valence-corrected chi connectivity index (χ4v) is 3.96. The van der Waals surface area contributed by atoms with Gasteiger partial charge < -0.3 is 19.5 Å². The van der Waals surface area contributed by atoms with Gasteiger partial charge in [0.2, 0.25) is 0 Å². The number of nitrogens with zero attached hydrogens (tertiary/aromatic N) is 2. The summed E-state index contributed by atoms with van der Waals surface area (Å²) in [5.41, 5.74) is 2.56. The monoisotopic (exact) mass is 440 g/mol. The summed E-state index contributed by atoms with van der Waals surface area (Å²) in [6.45, 7) is 13.5. The van der Waals surface area contributed by atoms with Gasteiger partial charge in [-0.3, -0.25) is 4.98 Å². The molecule has 0 unspecified atom stereocenters. The standard InChI is InChI=1S/C20H29BrN2O4/c1-6-12-27-20(5)8-10-23(11-9-20)17-15(18(24)19(25)26-7-2)13(3)22-14(4)16(17)21/h6,18,24H,1,7-12H2,2-5H3/t18-/m0/s1. The number of hydrogen-bond donors (Lipinski definition) is 1.